The minimum absolute atomic E-state index is 0.0208. The second-order valence-corrected chi connectivity index (χ2v) is 8.35. The van der Waals surface area contributed by atoms with Crippen LogP contribution in [0.3, 0.4) is 0 Å². The second-order valence-electron chi connectivity index (χ2n) is 8.35. The molecule has 0 bridgehead atoms. The molecule has 0 spiro atoms. The van der Waals surface area contributed by atoms with Crippen molar-refractivity contribution in [2.45, 2.75) is 24.2 Å². The maximum Gasteiger partial charge on any atom is 0.323 e. The molecule has 2 aliphatic rings. The number of allylic oxidation sites excluding steroid dienone is 1. The lowest BCUT2D eigenvalue weighted by molar-refractivity contribution is -0.261. The maximum absolute atomic E-state index is 14.3. The number of hydrogen-bond acceptors (Lipinski definition) is 10. The minimum Gasteiger partial charge on any atom is -0.507 e. The summed E-state index contributed by atoms with van der Waals surface area (Å²) in [5.74, 6) is -1.89. The highest BCUT2D eigenvalue weighted by molar-refractivity contribution is 6.09. The molecule has 2 aromatic rings. The average Bonchev–Trinajstić information content (AvgIpc) is 3.16. The zero-order valence-electron chi connectivity index (χ0n) is 21.0. The van der Waals surface area contributed by atoms with Crippen molar-refractivity contribution in [2.75, 3.05) is 41.7 Å². The van der Waals surface area contributed by atoms with E-state index in [1.165, 1.54) is 21.3 Å². The van der Waals surface area contributed by atoms with Gasteiger partial charge in [0, 0.05) is 51.0 Å². The summed E-state index contributed by atoms with van der Waals surface area (Å²) in [5.41, 5.74) is -0.744. The fourth-order valence-corrected chi connectivity index (χ4v) is 4.65. The van der Waals surface area contributed by atoms with E-state index < -0.39 is 17.2 Å². The standard InChI is InChI=1S/C27H30O10/c1-6-8-18-20(34-15-31-4)13-22-23(24(18)28)25(29)27(35-16-32-5)26(36-22,11-7-2)19-10-9-17(33-14-30-3)12-21(19)37-27/h6-7,9-10,12-13,28H,1-2,8,11,14-16H2,3-5H3/t26-,27-/m0/s1. The van der Waals surface area contributed by atoms with Crippen LogP contribution in [0.25, 0.3) is 0 Å². The lowest BCUT2D eigenvalue weighted by Gasteiger charge is -2.45. The molecule has 2 heterocycles. The summed E-state index contributed by atoms with van der Waals surface area (Å²) in [6.07, 6.45) is 3.52. The first-order valence-electron chi connectivity index (χ1n) is 11.5. The Bertz CT molecular complexity index is 1190. The van der Waals surface area contributed by atoms with E-state index in [1.54, 1.807) is 36.4 Å². The minimum atomic E-state index is -2.04. The molecule has 0 amide bonds. The van der Waals surface area contributed by atoms with Gasteiger partial charge in [0.25, 0.3) is 0 Å². The summed E-state index contributed by atoms with van der Waals surface area (Å²) in [6.45, 7) is 7.26. The first-order valence-corrected chi connectivity index (χ1v) is 11.5. The van der Waals surface area contributed by atoms with Crippen LogP contribution in [0.1, 0.15) is 27.9 Å². The van der Waals surface area contributed by atoms with Crippen LogP contribution in [0.4, 0.5) is 0 Å². The predicted octanol–water partition coefficient (Wildman–Crippen LogP) is 3.84. The Morgan fingerprint density at radius 2 is 1.68 bits per heavy atom. The number of hydrogen-bond donors (Lipinski definition) is 1. The predicted molar refractivity (Wildman–Crippen MR) is 131 cm³/mol. The van der Waals surface area contributed by atoms with Gasteiger partial charge in [0.15, 0.2) is 20.4 Å². The number of Topliss-reactive ketones (excluding diaryl/α,β-unsaturated/α-hetero) is 1. The molecule has 0 radical (unpaired) electrons. The van der Waals surface area contributed by atoms with E-state index in [0.29, 0.717) is 22.6 Å². The molecule has 4 rings (SSSR count). The van der Waals surface area contributed by atoms with Gasteiger partial charge in [-0.3, -0.25) is 4.79 Å². The van der Waals surface area contributed by atoms with Crippen LogP contribution in [0.5, 0.6) is 28.7 Å². The van der Waals surface area contributed by atoms with E-state index in [2.05, 4.69) is 13.2 Å². The molecule has 0 saturated heterocycles. The van der Waals surface area contributed by atoms with E-state index in [0.717, 1.165) is 0 Å². The molecule has 0 fully saturated rings. The first kappa shape index (κ1) is 26.5. The van der Waals surface area contributed by atoms with Gasteiger partial charge in [0.1, 0.15) is 34.3 Å². The Morgan fingerprint density at radius 1 is 0.946 bits per heavy atom. The number of phenols is 1. The highest BCUT2D eigenvalue weighted by atomic mass is 16.8. The molecular formula is C27H30O10. The lowest BCUT2D eigenvalue weighted by atomic mass is 9.77. The third kappa shape index (κ3) is 4.21. The molecule has 2 atom stereocenters. The number of phenolic OH excluding ortho intramolecular Hbond substituents is 1. The Balaban J connectivity index is 1.95. The van der Waals surface area contributed by atoms with Gasteiger partial charge in [-0.05, 0) is 18.6 Å². The number of ether oxygens (including phenoxy) is 8. The SMILES string of the molecule is C=CCc1c(OCOC)cc2c(c1O)C(=O)[C@]1(OCOC)Oc3cc(OCOC)ccc3[C@]1(CC=C)O2. The normalized spacial score (nSPS) is 21.2. The van der Waals surface area contributed by atoms with Crippen molar-refractivity contribution in [3.63, 3.8) is 0 Å². The number of methoxy groups -OCH3 is 3. The number of rotatable bonds is 13. The van der Waals surface area contributed by atoms with Gasteiger partial charge in [-0.1, -0.05) is 12.2 Å². The quantitative estimate of drug-likeness (QED) is 0.313. The van der Waals surface area contributed by atoms with Crippen molar-refractivity contribution >= 4 is 5.78 Å². The zero-order valence-corrected chi connectivity index (χ0v) is 21.0. The molecular weight excluding hydrogens is 484 g/mol. The Kier molecular flexibility index (Phi) is 7.74. The van der Waals surface area contributed by atoms with Gasteiger partial charge in [0.05, 0.1) is 0 Å². The molecule has 37 heavy (non-hydrogen) atoms. The van der Waals surface area contributed by atoms with E-state index >= 15 is 0 Å². The number of benzene rings is 2. The van der Waals surface area contributed by atoms with Crippen LogP contribution in [-0.2, 0) is 31.0 Å². The summed E-state index contributed by atoms with van der Waals surface area (Å²) >= 11 is 0. The molecule has 198 valence electrons. The van der Waals surface area contributed by atoms with Crippen molar-refractivity contribution in [3.8, 4) is 28.7 Å². The summed E-state index contributed by atoms with van der Waals surface area (Å²) in [5, 5.41) is 11.3. The van der Waals surface area contributed by atoms with Crippen molar-refractivity contribution in [1.82, 2.24) is 0 Å². The zero-order chi connectivity index (χ0) is 26.6. The summed E-state index contributed by atoms with van der Waals surface area (Å²) < 4.78 is 45.2. The van der Waals surface area contributed by atoms with Crippen molar-refractivity contribution < 1.29 is 47.8 Å². The molecule has 2 aliphatic heterocycles. The Morgan fingerprint density at radius 3 is 2.35 bits per heavy atom. The third-order valence-corrected chi connectivity index (χ3v) is 6.15. The van der Waals surface area contributed by atoms with E-state index in [4.69, 9.17) is 37.9 Å². The van der Waals surface area contributed by atoms with Gasteiger partial charge in [-0.2, -0.15) is 0 Å². The molecule has 0 aromatic heterocycles. The number of carbonyl (C=O) groups excluding carboxylic acids is 1. The van der Waals surface area contributed by atoms with Crippen LogP contribution < -0.4 is 18.9 Å². The maximum atomic E-state index is 14.3. The van der Waals surface area contributed by atoms with Crippen LogP contribution in [0.15, 0.2) is 49.6 Å². The van der Waals surface area contributed by atoms with E-state index in [-0.39, 0.29) is 56.0 Å². The van der Waals surface area contributed by atoms with E-state index in [1.807, 2.05) is 0 Å². The molecule has 0 unspecified atom stereocenters. The van der Waals surface area contributed by atoms with Gasteiger partial charge >= 0.3 is 5.79 Å². The monoisotopic (exact) mass is 514 g/mol. The van der Waals surface area contributed by atoms with Gasteiger partial charge in [-0.15, -0.1) is 13.2 Å². The summed E-state index contributed by atoms with van der Waals surface area (Å²) in [7, 11) is 4.40. The molecule has 0 saturated carbocycles. The first-order chi connectivity index (χ1) is 17.9. The number of ketones is 1. The average molecular weight is 515 g/mol. The van der Waals surface area contributed by atoms with Crippen LogP contribution in [0, 0.1) is 0 Å². The topological polar surface area (TPSA) is 111 Å². The highest BCUT2D eigenvalue weighted by Gasteiger charge is 2.71. The summed E-state index contributed by atoms with van der Waals surface area (Å²) in [4.78, 5) is 14.3. The molecule has 0 aliphatic carbocycles. The third-order valence-electron chi connectivity index (χ3n) is 6.15. The highest BCUT2D eigenvalue weighted by Crippen LogP contribution is 2.60. The van der Waals surface area contributed by atoms with Crippen LogP contribution in [0.2, 0.25) is 0 Å². The fourth-order valence-electron chi connectivity index (χ4n) is 4.65. The lowest BCUT2D eigenvalue weighted by Crippen LogP contribution is -2.64. The fraction of sp³-hybridized carbons (Fsp3) is 0.370. The summed E-state index contributed by atoms with van der Waals surface area (Å²) in [6, 6.07) is 6.60. The van der Waals surface area contributed by atoms with Gasteiger partial charge in [-0.25, -0.2) is 0 Å². The molecule has 10 nitrogen and oxygen atoms in total. The molecule has 10 heteroatoms. The Hall–Kier alpha value is -3.57. The second kappa shape index (κ2) is 10.8. The van der Waals surface area contributed by atoms with Crippen LogP contribution >= 0.6 is 0 Å². The smallest absolute Gasteiger partial charge is 0.323 e. The number of carbonyl (C=O) groups is 1. The largest absolute Gasteiger partial charge is 0.507 e. The van der Waals surface area contributed by atoms with E-state index in [9.17, 15) is 9.90 Å². The van der Waals surface area contributed by atoms with Crippen molar-refractivity contribution in [1.29, 1.82) is 0 Å². The molecule has 1 N–H and O–H groups in total. The Labute approximate surface area is 214 Å². The number of fused-ring (bicyclic) bond motifs is 4. The van der Waals surface area contributed by atoms with Gasteiger partial charge in [0.2, 0.25) is 11.4 Å². The molecule has 2 aromatic carbocycles. The van der Waals surface area contributed by atoms with Gasteiger partial charge < -0.3 is 43.0 Å². The van der Waals surface area contributed by atoms with Crippen molar-refractivity contribution in [3.05, 3.63) is 66.3 Å². The van der Waals surface area contributed by atoms with Crippen LogP contribution in [-0.4, -0.2) is 58.4 Å². The van der Waals surface area contributed by atoms with Crippen molar-refractivity contribution in [2.24, 2.45) is 0 Å². The number of aromatic hydroxyl groups is 1.